The van der Waals surface area contributed by atoms with E-state index in [4.69, 9.17) is 11.6 Å². The molecule has 0 saturated carbocycles. The first-order valence-corrected chi connectivity index (χ1v) is 8.72. The SMILES string of the molecule is CCCN1CCC(NC(=O)Nc2ccc(NC(C)=O)cc2Cl)CC1. The van der Waals surface area contributed by atoms with Gasteiger partial charge in [0.2, 0.25) is 5.91 Å². The van der Waals surface area contributed by atoms with Gasteiger partial charge < -0.3 is 20.9 Å². The quantitative estimate of drug-likeness (QED) is 0.761. The van der Waals surface area contributed by atoms with Crippen LogP contribution in [0.3, 0.4) is 0 Å². The van der Waals surface area contributed by atoms with Crippen molar-refractivity contribution in [2.24, 2.45) is 0 Å². The molecule has 1 fully saturated rings. The summed E-state index contributed by atoms with van der Waals surface area (Å²) in [5, 5.41) is 8.80. The summed E-state index contributed by atoms with van der Waals surface area (Å²) in [6, 6.07) is 4.93. The van der Waals surface area contributed by atoms with Crippen molar-refractivity contribution in [1.82, 2.24) is 10.2 Å². The Morgan fingerprint density at radius 3 is 2.54 bits per heavy atom. The van der Waals surface area contributed by atoms with E-state index in [9.17, 15) is 9.59 Å². The van der Waals surface area contributed by atoms with Crippen LogP contribution in [0.25, 0.3) is 0 Å². The van der Waals surface area contributed by atoms with E-state index in [0.717, 1.165) is 38.9 Å². The predicted octanol–water partition coefficient (Wildman–Crippen LogP) is 3.29. The summed E-state index contributed by atoms with van der Waals surface area (Å²) in [5.41, 5.74) is 1.12. The van der Waals surface area contributed by atoms with Gasteiger partial charge >= 0.3 is 6.03 Å². The molecule has 2 rings (SSSR count). The lowest BCUT2D eigenvalue weighted by Crippen LogP contribution is -2.46. The first-order valence-electron chi connectivity index (χ1n) is 8.35. The summed E-state index contributed by atoms with van der Waals surface area (Å²) in [4.78, 5) is 25.6. The van der Waals surface area contributed by atoms with Gasteiger partial charge in [-0.25, -0.2) is 4.79 Å². The average molecular weight is 353 g/mol. The Bertz CT molecular complexity index is 586. The molecule has 7 heteroatoms. The molecule has 0 atom stereocenters. The first kappa shape index (κ1) is 18.5. The van der Waals surface area contributed by atoms with Gasteiger partial charge in [0.25, 0.3) is 0 Å². The molecule has 0 radical (unpaired) electrons. The molecule has 0 spiro atoms. The van der Waals surface area contributed by atoms with E-state index in [0.29, 0.717) is 16.4 Å². The minimum absolute atomic E-state index is 0.168. The van der Waals surface area contributed by atoms with Crippen molar-refractivity contribution in [1.29, 1.82) is 0 Å². The van der Waals surface area contributed by atoms with Crippen molar-refractivity contribution in [2.75, 3.05) is 30.3 Å². The van der Waals surface area contributed by atoms with Crippen LogP contribution >= 0.6 is 11.6 Å². The number of piperidine rings is 1. The van der Waals surface area contributed by atoms with Gasteiger partial charge in [0, 0.05) is 31.7 Å². The molecular formula is C17H25ClN4O2. The van der Waals surface area contributed by atoms with Crippen LogP contribution in [0.2, 0.25) is 5.02 Å². The maximum Gasteiger partial charge on any atom is 0.319 e. The van der Waals surface area contributed by atoms with Gasteiger partial charge in [0.15, 0.2) is 0 Å². The standard InChI is InChI=1S/C17H25ClN4O2/c1-3-8-22-9-6-13(7-10-22)20-17(24)21-16-5-4-14(11-15(16)18)19-12(2)23/h4-5,11,13H,3,6-10H2,1-2H3,(H,19,23)(H2,20,21,24). The number of hydrogen-bond acceptors (Lipinski definition) is 3. The highest BCUT2D eigenvalue weighted by atomic mass is 35.5. The second-order valence-electron chi connectivity index (χ2n) is 6.09. The van der Waals surface area contributed by atoms with Crippen LogP contribution in [-0.4, -0.2) is 42.5 Å². The van der Waals surface area contributed by atoms with E-state index in [2.05, 4.69) is 27.8 Å². The molecule has 1 aromatic rings. The number of anilines is 2. The Balaban J connectivity index is 1.83. The summed E-state index contributed by atoms with van der Waals surface area (Å²) in [7, 11) is 0. The number of nitrogens with one attached hydrogen (secondary N) is 3. The summed E-state index contributed by atoms with van der Waals surface area (Å²) < 4.78 is 0. The fourth-order valence-electron chi connectivity index (χ4n) is 2.86. The fraction of sp³-hybridized carbons (Fsp3) is 0.529. The summed E-state index contributed by atoms with van der Waals surface area (Å²) in [5.74, 6) is -0.168. The summed E-state index contributed by atoms with van der Waals surface area (Å²) in [6.07, 6.45) is 3.08. The minimum Gasteiger partial charge on any atom is -0.335 e. The van der Waals surface area contributed by atoms with Crippen molar-refractivity contribution < 1.29 is 9.59 Å². The van der Waals surface area contributed by atoms with Crippen LogP contribution in [0.15, 0.2) is 18.2 Å². The van der Waals surface area contributed by atoms with Gasteiger partial charge in [-0.3, -0.25) is 4.79 Å². The van der Waals surface area contributed by atoms with Crippen molar-refractivity contribution in [2.45, 2.75) is 39.2 Å². The lowest BCUT2D eigenvalue weighted by Gasteiger charge is -2.32. The molecule has 24 heavy (non-hydrogen) atoms. The average Bonchev–Trinajstić information content (AvgIpc) is 2.52. The van der Waals surface area contributed by atoms with E-state index in [1.165, 1.54) is 6.92 Å². The van der Waals surface area contributed by atoms with Gasteiger partial charge in [-0.15, -0.1) is 0 Å². The molecule has 0 bridgehead atoms. The van der Waals surface area contributed by atoms with Crippen molar-refractivity contribution in [3.63, 3.8) is 0 Å². The van der Waals surface area contributed by atoms with E-state index in [-0.39, 0.29) is 18.0 Å². The van der Waals surface area contributed by atoms with Gasteiger partial charge in [0.05, 0.1) is 10.7 Å². The Morgan fingerprint density at radius 2 is 1.96 bits per heavy atom. The molecule has 1 aliphatic rings. The highest BCUT2D eigenvalue weighted by molar-refractivity contribution is 6.34. The topological polar surface area (TPSA) is 73.5 Å². The molecular weight excluding hydrogens is 328 g/mol. The maximum absolute atomic E-state index is 12.1. The molecule has 1 heterocycles. The third-order valence-electron chi connectivity index (χ3n) is 4.00. The number of hydrogen-bond donors (Lipinski definition) is 3. The van der Waals surface area contributed by atoms with Gasteiger partial charge in [0.1, 0.15) is 0 Å². The smallest absolute Gasteiger partial charge is 0.319 e. The first-order chi connectivity index (χ1) is 11.5. The van der Waals surface area contributed by atoms with E-state index >= 15 is 0 Å². The third-order valence-corrected chi connectivity index (χ3v) is 4.31. The number of likely N-dealkylation sites (tertiary alicyclic amines) is 1. The molecule has 0 aromatic heterocycles. The number of urea groups is 1. The van der Waals surface area contributed by atoms with Crippen LogP contribution < -0.4 is 16.0 Å². The van der Waals surface area contributed by atoms with Crippen molar-refractivity contribution >= 4 is 34.9 Å². The predicted molar refractivity (Wildman–Crippen MR) is 97.7 cm³/mol. The van der Waals surface area contributed by atoms with E-state index in [1.54, 1.807) is 18.2 Å². The molecule has 3 N–H and O–H groups in total. The number of carbonyl (C=O) groups is 2. The summed E-state index contributed by atoms with van der Waals surface area (Å²) >= 11 is 6.15. The second kappa shape index (κ2) is 8.89. The number of benzene rings is 1. The van der Waals surface area contributed by atoms with Crippen LogP contribution in [0.4, 0.5) is 16.2 Å². The maximum atomic E-state index is 12.1. The highest BCUT2D eigenvalue weighted by Gasteiger charge is 2.20. The second-order valence-corrected chi connectivity index (χ2v) is 6.50. The number of nitrogens with zero attached hydrogens (tertiary/aromatic N) is 1. The molecule has 132 valence electrons. The molecule has 3 amide bonds. The zero-order valence-corrected chi connectivity index (χ0v) is 14.9. The Hall–Kier alpha value is -1.79. The number of halogens is 1. The molecule has 1 aliphatic heterocycles. The third kappa shape index (κ3) is 5.69. The summed E-state index contributed by atoms with van der Waals surface area (Å²) in [6.45, 7) is 6.77. The van der Waals surface area contributed by atoms with Crippen LogP contribution in [-0.2, 0) is 4.79 Å². The number of carbonyl (C=O) groups excluding carboxylic acids is 2. The minimum atomic E-state index is -0.252. The zero-order valence-electron chi connectivity index (χ0n) is 14.2. The molecule has 1 saturated heterocycles. The lowest BCUT2D eigenvalue weighted by molar-refractivity contribution is -0.114. The van der Waals surface area contributed by atoms with Crippen LogP contribution in [0, 0.1) is 0 Å². The highest BCUT2D eigenvalue weighted by Crippen LogP contribution is 2.25. The van der Waals surface area contributed by atoms with Crippen molar-refractivity contribution in [3.8, 4) is 0 Å². The molecule has 6 nitrogen and oxygen atoms in total. The Labute approximate surface area is 147 Å². The fourth-order valence-corrected chi connectivity index (χ4v) is 3.09. The normalized spacial score (nSPS) is 15.8. The van der Waals surface area contributed by atoms with Gasteiger partial charge in [-0.2, -0.15) is 0 Å². The van der Waals surface area contributed by atoms with Gasteiger partial charge in [-0.05, 0) is 44.0 Å². The number of amides is 3. The lowest BCUT2D eigenvalue weighted by atomic mass is 10.1. The van der Waals surface area contributed by atoms with Crippen LogP contribution in [0.5, 0.6) is 0 Å². The monoisotopic (exact) mass is 352 g/mol. The Kier molecular flexibility index (Phi) is 6.87. The van der Waals surface area contributed by atoms with E-state index < -0.39 is 0 Å². The Morgan fingerprint density at radius 1 is 1.25 bits per heavy atom. The molecule has 0 aliphatic carbocycles. The molecule has 1 aromatic carbocycles. The van der Waals surface area contributed by atoms with Crippen LogP contribution in [0.1, 0.15) is 33.1 Å². The molecule has 0 unspecified atom stereocenters. The van der Waals surface area contributed by atoms with Crippen molar-refractivity contribution in [3.05, 3.63) is 23.2 Å². The number of rotatable bonds is 5. The largest absolute Gasteiger partial charge is 0.335 e. The zero-order chi connectivity index (χ0) is 17.5. The van der Waals surface area contributed by atoms with E-state index in [1.807, 2.05) is 0 Å². The van der Waals surface area contributed by atoms with Gasteiger partial charge in [-0.1, -0.05) is 18.5 Å².